The monoisotopic (exact) mass is 267 g/mol. The summed E-state index contributed by atoms with van der Waals surface area (Å²) in [6.45, 7) is 2.16. The molecule has 1 nitrogen and oxygen atoms in total. The molecular weight excluding hydrogens is 250 g/mol. The molecule has 2 heteroatoms. The zero-order chi connectivity index (χ0) is 10.9. The molecule has 0 aromatic heterocycles. The van der Waals surface area contributed by atoms with Crippen molar-refractivity contribution in [2.45, 2.75) is 44.6 Å². The fraction of sp³-hybridized carbons (Fsp3) is 0.538. The van der Waals surface area contributed by atoms with Crippen molar-refractivity contribution >= 4 is 15.9 Å². The number of rotatable bonds is 1. The predicted octanol–water partition coefficient (Wildman–Crippen LogP) is 3.88. The number of benzene rings is 1. The molecule has 2 rings (SSSR count). The molecule has 15 heavy (non-hydrogen) atoms. The van der Waals surface area contributed by atoms with Crippen molar-refractivity contribution < 1.29 is 0 Å². The standard InChI is InChI=1S/C13H18BrN/c1-10-11(6-5-7-12(10)14)13(15)8-3-2-4-9-13/h5-7H,2-4,8-9,15H2,1H3. The van der Waals surface area contributed by atoms with E-state index in [1.54, 1.807) is 0 Å². The number of nitrogens with two attached hydrogens (primary N) is 1. The van der Waals surface area contributed by atoms with Crippen molar-refractivity contribution in [3.8, 4) is 0 Å². The maximum absolute atomic E-state index is 6.53. The van der Waals surface area contributed by atoms with E-state index in [9.17, 15) is 0 Å². The van der Waals surface area contributed by atoms with Crippen LogP contribution in [0.3, 0.4) is 0 Å². The highest BCUT2D eigenvalue weighted by Gasteiger charge is 2.30. The van der Waals surface area contributed by atoms with Gasteiger partial charge in [0.25, 0.3) is 0 Å². The Labute approximate surface area is 100 Å². The lowest BCUT2D eigenvalue weighted by Crippen LogP contribution is -2.39. The quantitative estimate of drug-likeness (QED) is 0.821. The van der Waals surface area contributed by atoms with E-state index in [2.05, 4.69) is 41.1 Å². The highest BCUT2D eigenvalue weighted by atomic mass is 79.9. The Kier molecular flexibility index (Phi) is 3.17. The summed E-state index contributed by atoms with van der Waals surface area (Å²) in [5.41, 5.74) is 9.09. The van der Waals surface area contributed by atoms with Gasteiger partial charge in [0.2, 0.25) is 0 Å². The summed E-state index contributed by atoms with van der Waals surface area (Å²) < 4.78 is 1.18. The first-order valence-electron chi connectivity index (χ1n) is 5.68. The van der Waals surface area contributed by atoms with E-state index < -0.39 is 0 Å². The van der Waals surface area contributed by atoms with Crippen LogP contribution in [0.5, 0.6) is 0 Å². The van der Waals surface area contributed by atoms with Gasteiger partial charge < -0.3 is 5.73 Å². The largest absolute Gasteiger partial charge is 0.321 e. The van der Waals surface area contributed by atoms with E-state index in [1.165, 1.54) is 34.9 Å². The molecule has 1 saturated carbocycles. The van der Waals surface area contributed by atoms with E-state index in [0.717, 1.165) is 12.8 Å². The second-order valence-corrected chi connectivity index (χ2v) is 5.48. The van der Waals surface area contributed by atoms with Crippen LogP contribution in [-0.4, -0.2) is 0 Å². The lowest BCUT2D eigenvalue weighted by atomic mass is 9.76. The summed E-state index contributed by atoms with van der Waals surface area (Å²) in [5.74, 6) is 0. The predicted molar refractivity (Wildman–Crippen MR) is 67.8 cm³/mol. The van der Waals surface area contributed by atoms with Gasteiger partial charge in [-0.3, -0.25) is 0 Å². The van der Waals surface area contributed by atoms with Crippen molar-refractivity contribution in [3.05, 3.63) is 33.8 Å². The zero-order valence-corrected chi connectivity index (χ0v) is 10.8. The van der Waals surface area contributed by atoms with E-state index in [4.69, 9.17) is 5.73 Å². The van der Waals surface area contributed by atoms with Crippen LogP contribution in [-0.2, 0) is 5.54 Å². The van der Waals surface area contributed by atoms with Gasteiger partial charge >= 0.3 is 0 Å². The van der Waals surface area contributed by atoms with Crippen LogP contribution in [0.4, 0.5) is 0 Å². The molecule has 0 heterocycles. The Hall–Kier alpha value is -0.340. The second-order valence-electron chi connectivity index (χ2n) is 4.63. The smallest absolute Gasteiger partial charge is 0.0412 e. The number of hydrogen-bond donors (Lipinski definition) is 1. The maximum Gasteiger partial charge on any atom is 0.0412 e. The normalized spacial score (nSPS) is 20.2. The van der Waals surface area contributed by atoms with Gasteiger partial charge in [-0.25, -0.2) is 0 Å². The third-order valence-electron chi connectivity index (χ3n) is 3.55. The minimum absolute atomic E-state index is 0.0773. The summed E-state index contributed by atoms with van der Waals surface area (Å²) in [6.07, 6.45) is 6.13. The fourth-order valence-corrected chi connectivity index (χ4v) is 2.97. The third kappa shape index (κ3) is 2.11. The van der Waals surface area contributed by atoms with Crippen LogP contribution >= 0.6 is 15.9 Å². The van der Waals surface area contributed by atoms with Crippen LogP contribution in [0.1, 0.15) is 43.2 Å². The fourth-order valence-electron chi connectivity index (χ4n) is 2.60. The molecule has 1 aromatic carbocycles. The first-order valence-corrected chi connectivity index (χ1v) is 6.47. The molecule has 0 saturated heterocycles. The summed E-state index contributed by atoms with van der Waals surface area (Å²) in [7, 11) is 0. The molecule has 0 unspecified atom stereocenters. The second kappa shape index (κ2) is 4.26. The summed E-state index contributed by atoms with van der Waals surface area (Å²) in [6, 6.07) is 6.37. The molecule has 82 valence electrons. The van der Waals surface area contributed by atoms with Gasteiger partial charge in [0.05, 0.1) is 0 Å². The van der Waals surface area contributed by atoms with E-state index in [0.29, 0.717) is 0 Å². The minimum atomic E-state index is -0.0773. The van der Waals surface area contributed by atoms with Gasteiger partial charge in [-0.1, -0.05) is 47.3 Å². The summed E-state index contributed by atoms with van der Waals surface area (Å²) in [5, 5.41) is 0. The van der Waals surface area contributed by atoms with Crippen molar-refractivity contribution in [1.82, 2.24) is 0 Å². The molecule has 1 aromatic rings. The average molecular weight is 268 g/mol. The lowest BCUT2D eigenvalue weighted by Gasteiger charge is -2.35. The Morgan fingerprint density at radius 2 is 1.87 bits per heavy atom. The molecule has 1 fully saturated rings. The van der Waals surface area contributed by atoms with Gasteiger partial charge in [-0.2, -0.15) is 0 Å². The molecule has 0 atom stereocenters. The number of halogens is 1. The van der Waals surface area contributed by atoms with Crippen LogP contribution in [0.25, 0.3) is 0 Å². The maximum atomic E-state index is 6.53. The molecule has 1 aliphatic carbocycles. The first kappa shape index (κ1) is 11.2. The summed E-state index contributed by atoms with van der Waals surface area (Å²) >= 11 is 3.58. The molecule has 2 N–H and O–H groups in total. The van der Waals surface area contributed by atoms with Crippen molar-refractivity contribution in [2.75, 3.05) is 0 Å². The Balaban J connectivity index is 2.39. The minimum Gasteiger partial charge on any atom is -0.321 e. The zero-order valence-electron chi connectivity index (χ0n) is 9.22. The van der Waals surface area contributed by atoms with Crippen molar-refractivity contribution in [3.63, 3.8) is 0 Å². The third-order valence-corrected chi connectivity index (χ3v) is 4.41. The lowest BCUT2D eigenvalue weighted by molar-refractivity contribution is 0.301. The Bertz CT molecular complexity index is 354. The molecular formula is C13H18BrN. The Morgan fingerprint density at radius 3 is 2.53 bits per heavy atom. The number of hydrogen-bond acceptors (Lipinski definition) is 1. The molecule has 0 bridgehead atoms. The highest BCUT2D eigenvalue weighted by molar-refractivity contribution is 9.10. The molecule has 0 amide bonds. The van der Waals surface area contributed by atoms with Crippen molar-refractivity contribution in [1.29, 1.82) is 0 Å². The van der Waals surface area contributed by atoms with E-state index in [1.807, 2.05) is 0 Å². The Morgan fingerprint density at radius 1 is 1.20 bits per heavy atom. The van der Waals surface area contributed by atoms with Crippen LogP contribution in [0, 0.1) is 6.92 Å². The SMILES string of the molecule is Cc1c(Br)cccc1C1(N)CCCCC1. The molecule has 1 aliphatic rings. The topological polar surface area (TPSA) is 26.0 Å². The van der Waals surface area contributed by atoms with Crippen LogP contribution in [0.15, 0.2) is 22.7 Å². The summed E-state index contributed by atoms with van der Waals surface area (Å²) in [4.78, 5) is 0. The van der Waals surface area contributed by atoms with Crippen LogP contribution < -0.4 is 5.73 Å². The van der Waals surface area contributed by atoms with Crippen LogP contribution in [0.2, 0.25) is 0 Å². The van der Waals surface area contributed by atoms with E-state index in [-0.39, 0.29) is 5.54 Å². The molecule has 0 spiro atoms. The molecule has 0 aliphatic heterocycles. The van der Waals surface area contributed by atoms with Crippen molar-refractivity contribution in [2.24, 2.45) is 5.73 Å². The van der Waals surface area contributed by atoms with Gasteiger partial charge in [-0.15, -0.1) is 0 Å². The van der Waals surface area contributed by atoms with Gasteiger partial charge in [0.15, 0.2) is 0 Å². The van der Waals surface area contributed by atoms with Gasteiger partial charge in [0.1, 0.15) is 0 Å². The van der Waals surface area contributed by atoms with E-state index >= 15 is 0 Å². The average Bonchev–Trinajstić information content (AvgIpc) is 2.23. The van der Waals surface area contributed by atoms with Gasteiger partial charge in [-0.05, 0) is 37.0 Å². The first-order chi connectivity index (χ1) is 7.13. The van der Waals surface area contributed by atoms with Gasteiger partial charge in [0, 0.05) is 10.0 Å². The highest BCUT2D eigenvalue weighted by Crippen LogP contribution is 2.37. The molecule has 0 radical (unpaired) electrons.